The van der Waals surface area contributed by atoms with E-state index < -0.39 is 0 Å². The summed E-state index contributed by atoms with van der Waals surface area (Å²) < 4.78 is 0. The van der Waals surface area contributed by atoms with Gasteiger partial charge in [0, 0.05) is 11.8 Å². The van der Waals surface area contributed by atoms with E-state index in [4.69, 9.17) is 0 Å². The summed E-state index contributed by atoms with van der Waals surface area (Å²) in [5, 5.41) is 0. The maximum atomic E-state index is 2.77. The summed E-state index contributed by atoms with van der Waals surface area (Å²) in [6.45, 7) is 0. The number of allylic oxidation sites excluding steroid dienone is 23. The highest BCUT2D eigenvalue weighted by Gasteiger charge is 2.43. The number of benzene rings is 2. The van der Waals surface area contributed by atoms with Crippen LogP contribution >= 0.6 is 0 Å². The van der Waals surface area contributed by atoms with Crippen LogP contribution in [0.15, 0.2) is 166 Å². The van der Waals surface area contributed by atoms with Crippen molar-refractivity contribution in [2.24, 2.45) is 29.6 Å². The zero-order valence-corrected chi connectivity index (χ0v) is 30.3. The van der Waals surface area contributed by atoms with Gasteiger partial charge in [-0.05, 0) is 178 Å². The third-order valence-electron chi connectivity index (χ3n) is 14.0. The number of hydrogen-bond acceptors (Lipinski definition) is 0. The Bertz CT molecular complexity index is 2280. The average molecular weight is 673 g/mol. The molecule has 0 bridgehead atoms. The topological polar surface area (TPSA) is 0 Å². The van der Waals surface area contributed by atoms with E-state index in [-0.39, 0.29) is 0 Å². The van der Waals surface area contributed by atoms with Gasteiger partial charge in [-0.25, -0.2) is 0 Å². The Morgan fingerprint density at radius 3 is 2.60 bits per heavy atom. The summed E-state index contributed by atoms with van der Waals surface area (Å²) in [6, 6.07) is 16.5. The average Bonchev–Trinajstić information content (AvgIpc) is 3.22. The fourth-order valence-corrected chi connectivity index (χ4v) is 11.4. The zero-order chi connectivity index (χ0) is 34.2. The van der Waals surface area contributed by atoms with E-state index in [9.17, 15) is 0 Å². The first-order chi connectivity index (χ1) is 25.7. The van der Waals surface area contributed by atoms with E-state index in [1.165, 1.54) is 65.5 Å². The van der Waals surface area contributed by atoms with Gasteiger partial charge < -0.3 is 0 Å². The molecule has 0 amide bonds. The summed E-state index contributed by atoms with van der Waals surface area (Å²) >= 11 is 0. The molecule has 0 heterocycles. The molecule has 0 spiro atoms. The van der Waals surface area contributed by atoms with E-state index in [1.807, 2.05) is 0 Å². The van der Waals surface area contributed by atoms with Gasteiger partial charge in [0.2, 0.25) is 0 Å². The Balaban J connectivity index is 1.03. The van der Waals surface area contributed by atoms with E-state index in [2.05, 4.69) is 128 Å². The summed E-state index contributed by atoms with van der Waals surface area (Å²) in [7, 11) is 0. The zero-order valence-electron chi connectivity index (χ0n) is 30.3. The molecule has 0 heteroatoms. The lowest BCUT2D eigenvalue weighted by molar-refractivity contribution is 0.367. The van der Waals surface area contributed by atoms with Gasteiger partial charge in [0.25, 0.3) is 0 Å². The molecule has 0 fully saturated rings. The van der Waals surface area contributed by atoms with Gasteiger partial charge in [-0.3, -0.25) is 0 Å². The molecule has 52 heavy (non-hydrogen) atoms. The molecule has 2 aromatic rings. The van der Waals surface area contributed by atoms with Crippen LogP contribution in [-0.4, -0.2) is 0 Å². The van der Waals surface area contributed by atoms with Gasteiger partial charge in [0.05, 0.1) is 0 Å². The highest BCUT2D eigenvalue weighted by molar-refractivity contribution is 5.85. The molecule has 0 nitrogen and oxygen atoms in total. The van der Waals surface area contributed by atoms with E-state index in [1.54, 1.807) is 50.2 Å². The summed E-state index contributed by atoms with van der Waals surface area (Å²) in [6.07, 6.45) is 48.0. The quantitative estimate of drug-likeness (QED) is 0.304. The lowest BCUT2D eigenvalue weighted by Crippen LogP contribution is -2.34. The first-order valence-corrected chi connectivity index (χ1v) is 20.4. The number of hydrogen-bond donors (Lipinski definition) is 0. The van der Waals surface area contributed by atoms with Gasteiger partial charge in [-0.1, -0.05) is 121 Å². The minimum Gasteiger partial charge on any atom is -0.0839 e. The van der Waals surface area contributed by atoms with Crippen LogP contribution in [0.1, 0.15) is 85.6 Å². The van der Waals surface area contributed by atoms with Crippen LogP contribution in [0, 0.1) is 29.6 Å². The smallest absolute Gasteiger partial charge is 0.00963 e. The Kier molecular flexibility index (Phi) is 7.41. The molecule has 5 atom stereocenters. The van der Waals surface area contributed by atoms with Gasteiger partial charge in [-0.15, -0.1) is 0 Å². The van der Waals surface area contributed by atoms with Crippen molar-refractivity contribution >= 4 is 17.2 Å². The maximum Gasteiger partial charge on any atom is 0.00963 e. The van der Waals surface area contributed by atoms with Crippen molar-refractivity contribution in [3.05, 3.63) is 194 Å². The Hall–Kier alpha value is -4.68. The molecule has 0 radical (unpaired) electrons. The van der Waals surface area contributed by atoms with Crippen LogP contribution in [0.5, 0.6) is 0 Å². The fourth-order valence-electron chi connectivity index (χ4n) is 11.4. The Morgan fingerprint density at radius 1 is 0.654 bits per heavy atom. The van der Waals surface area contributed by atoms with Crippen LogP contribution in [0.4, 0.5) is 0 Å². The van der Waals surface area contributed by atoms with Crippen LogP contribution in [-0.2, 0) is 12.8 Å². The molecule has 5 unspecified atom stereocenters. The minimum absolute atomic E-state index is 0.415. The molecule has 11 rings (SSSR count). The van der Waals surface area contributed by atoms with Crippen molar-refractivity contribution in [2.45, 2.75) is 70.6 Å². The van der Waals surface area contributed by atoms with Crippen molar-refractivity contribution in [1.82, 2.24) is 0 Å². The number of fused-ring (bicyclic) bond motifs is 8. The van der Waals surface area contributed by atoms with Gasteiger partial charge >= 0.3 is 0 Å². The third kappa shape index (κ3) is 5.08. The fraction of sp³-hybridized carbons (Fsp3) is 0.308. The molecule has 256 valence electrons. The largest absolute Gasteiger partial charge is 0.0839 e. The third-order valence-corrected chi connectivity index (χ3v) is 14.0. The maximum absolute atomic E-state index is 2.77. The van der Waals surface area contributed by atoms with Crippen LogP contribution < -0.4 is 0 Å². The first kappa shape index (κ1) is 30.9. The van der Waals surface area contributed by atoms with Crippen molar-refractivity contribution in [3.8, 4) is 0 Å². The van der Waals surface area contributed by atoms with E-state index in [0.29, 0.717) is 29.6 Å². The van der Waals surface area contributed by atoms with Crippen molar-refractivity contribution < 1.29 is 0 Å². The number of rotatable bonds is 3. The van der Waals surface area contributed by atoms with Crippen LogP contribution in [0.25, 0.3) is 17.2 Å². The molecule has 2 aromatic carbocycles. The molecule has 0 aromatic heterocycles. The molecule has 0 saturated heterocycles. The van der Waals surface area contributed by atoms with Crippen molar-refractivity contribution in [3.63, 3.8) is 0 Å². The number of aryl methyl sites for hydroxylation is 2. The molecule has 9 aliphatic carbocycles. The predicted molar refractivity (Wildman–Crippen MR) is 218 cm³/mol. The second-order valence-electron chi connectivity index (χ2n) is 16.7. The highest BCUT2D eigenvalue weighted by Crippen LogP contribution is 2.56. The molecule has 9 aliphatic rings. The van der Waals surface area contributed by atoms with Crippen molar-refractivity contribution in [1.29, 1.82) is 0 Å². The Labute approximate surface area is 310 Å². The molecule has 0 saturated carbocycles. The van der Waals surface area contributed by atoms with Crippen LogP contribution in [0.3, 0.4) is 0 Å². The molecular weight excluding hydrogens is 625 g/mol. The molecular formula is C52H48. The lowest BCUT2D eigenvalue weighted by Gasteiger charge is -2.45. The monoisotopic (exact) mass is 672 g/mol. The standard InChI is InChI=1S/C52H48/c1-3-12-36-27-41(20-17-33(36)9-1)48-32-52-50-30-39(38-23-25-44-40(29-38)22-19-35-11-5-6-14-43(35)44)24-26-47(50)49(31-51(52)46-16-8-7-15-45(46)48)42-21-18-34-10-2-4-13-37(34)28-42/h3-8,11-15,17-18,20-21,23,25,28,30-32,40-41,46,51-52H,1-2,9-10,16,19,22,24,26-27,29H2. The summed E-state index contributed by atoms with van der Waals surface area (Å²) in [4.78, 5) is 0. The summed E-state index contributed by atoms with van der Waals surface area (Å²) in [5.74, 6) is 2.49. The normalized spacial score (nSPS) is 29.5. The second kappa shape index (κ2) is 12.5. The van der Waals surface area contributed by atoms with Gasteiger partial charge in [-0.2, -0.15) is 0 Å². The first-order valence-electron chi connectivity index (χ1n) is 20.4. The second-order valence-corrected chi connectivity index (χ2v) is 16.7. The molecule has 0 aliphatic heterocycles. The molecule has 0 N–H and O–H groups in total. The SMILES string of the molecule is C1=CCC2C(=C1)C(C1C=CC3=C(C=CCC3)C1)=CC1C3=C(CCC(C4=CC=C5c6ccccc6CCC5C4)=C3)C(c3ccc4c(c3)C=CCC4)=CC12. The van der Waals surface area contributed by atoms with E-state index >= 15 is 0 Å². The summed E-state index contributed by atoms with van der Waals surface area (Å²) in [5.41, 5.74) is 23.2. The lowest BCUT2D eigenvalue weighted by atomic mass is 9.58. The van der Waals surface area contributed by atoms with Gasteiger partial charge in [0.1, 0.15) is 0 Å². The minimum atomic E-state index is 0.415. The van der Waals surface area contributed by atoms with Crippen LogP contribution in [0.2, 0.25) is 0 Å². The Morgan fingerprint density at radius 2 is 1.60 bits per heavy atom. The van der Waals surface area contributed by atoms with E-state index in [0.717, 1.165) is 38.5 Å². The van der Waals surface area contributed by atoms with Crippen molar-refractivity contribution in [2.75, 3.05) is 0 Å². The predicted octanol–water partition coefficient (Wildman–Crippen LogP) is 12.9. The van der Waals surface area contributed by atoms with Gasteiger partial charge in [0.15, 0.2) is 0 Å². The highest BCUT2D eigenvalue weighted by atomic mass is 14.5.